The molecule has 1 saturated heterocycles. The molecule has 28 heavy (non-hydrogen) atoms. The van der Waals surface area contributed by atoms with Crippen molar-refractivity contribution in [3.63, 3.8) is 0 Å². The van der Waals surface area contributed by atoms with Gasteiger partial charge in [-0.05, 0) is 50.0 Å². The van der Waals surface area contributed by atoms with Crippen LogP contribution in [0.1, 0.15) is 49.7 Å². The number of amides is 1. The van der Waals surface area contributed by atoms with E-state index in [-0.39, 0.29) is 5.91 Å². The van der Waals surface area contributed by atoms with Gasteiger partial charge in [0.15, 0.2) is 0 Å². The number of carbonyl (C=O) groups is 1. The van der Waals surface area contributed by atoms with Crippen LogP contribution in [-0.2, 0) is 11.3 Å². The predicted molar refractivity (Wildman–Crippen MR) is 107 cm³/mol. The minimum Gasteiger partial charge on any atom is -0.337 e. The second-order valence-electron chi connectivity index (χ2n) is 8.02. The van der Waals surface area contributed by atoms with Crippen LogP contribution in [0.5, 0.6) is 0 Å². The molecule has 6 heteroatoms. The van der Waals surface area contributed by atoms with Crippen molar-refractivity contribution in [3.05, 3.63) is 35.4 Å². The summed E-state index contributed by atoms with van der Waals surface area (Å²) >= 11 is 0. The number of hydrogen-bond acceptors (Lipinski definition) is 5. The first-order valence-electron chi connectivity index (χ1n) is 10.3. The third-order valence-corrected chi connectivity index (χ3v) is 5.84. The Balaban J connectivity index is 1.47. The average Bonchev–Trinajstić information content (AvgIpc) is 2.94. The van der Waals surface area contributed by atoms with Crippen molar-refractivity contribution in [2.24, 2.45) is 0 Å². The van der Waals surface area contributed by atoms with Gasteiger partial charge in [0.05, 0.1) is 24.2 Å². The lowest BCUT2D eigenvalue weighted by Crippen LogP contribution is -2.51. The van der Waals surface area contributed by atoms with E-state index in [0.29, 0.717) is 12.1 Å². The molecule has 1 aliphatic carbocycles. The largest absolute Gasteiger partial charge is 0.337 e. The molecule has 0 atom stereocenters. The fourth-order valence-electron chi connectivity index (χ4n) is 4.21. The maximum absolute atomic E-state index is 12.5. The molecule has 0 unspecified atom stereocenters. The molecule has 2 fully saturated rings. The number of nitrogens with one attached hydrogen (secondary N) is 1. The minimum atomic E-state index is -0.650. The van der Waals surface area contributed by atoms with E-state index in [9.17, 15) is 10.1 Å². The Morgan fingerprint density at radius 3 is 2.32 bits per heavy atom. The number of benzene rings is 1. The third-order valence-electron chi connectivity index (χ3n) is 5.84. The predicted octanol–water partition coefficient (Wildman–Crippen LogP) is 2.41. The topological polar surface area (TPSA) is 83.2 Å². The third kappa shape index (κ3) is 5.55. The quantitative estimate of drug-likeness (QED) is 0.849. The summed E-state index contributed by atoms with van der Waals surface area (Å²) in [5.74, 6) is -0.0241. The highest BCUT2D eigenvalue weighted by Gasteiger charge is 2.33. The normalized spacial score (nSPS) is 20.5. The Kier molecular flexibility index (Phi) is 7.03. The number of nitrogens with zero attached hydrogens (tertiary/aromatic N) is 4. The summed E-state index contributed by atoms with van der Waals surface area (Å²) in [5.41, 5.74) is 1.24. The minimum absolute atomic E-state index is 0.0241. The van der Waals surface area contributed by atoms with Gasteiger partial charge in [-0.3, -0.25) is 14.6 Å². The molecule has 1 heterocycles. The zero-order valence-corrected chi connectivity index (χ0v) is 16.5. The van der Waals surface area contributed by atoms with Crippen molar-refractivity contribution in [1.29, 1.82) is 10.5 Å². The van der Waals surface area contributed by atoms with E-state index in [1.54, 1.807) is 0 Å². The van der Waals surface area contributed by atoms with Crippen LogP contribution in [0.4, 0.5) is 0 Å². The number of carbonyl (C=O) groups excluding carboxylic acids is 1. The molecule has 1 aromatic rings. The number of hydrogen-bond donors (Lipinski definition) is 1. The highest BCUT2D eigenvalue weighted by atomic mass is 16.2. The lowest BCUT2D eigenvalue weighted by atomic mass is 9.83. The van der Waals surface area contributed by atoms with Crippen molar-refractivity contribution >= 4 is 5.91 Å². The molecule has 6 nitrogen and oxygen atoms in total. The number of nitriles is 2. The Hall–Kier alpha value is -2.41. The van der Waals surface area contributed by atoms with Crippen LogP contribution >= 0.6 is 0 Å². The molecular formula is C22H29N5O. The van der Waals surface area contributed by atoms with Crippen LogP contribution in [0.3, 0.4) is 0 Å². The molecule has 2 aliphatic rings. The summed E-state index contributed by atoms with van der Waals surface area (Å²) in [6.07, 6.45) is 5.75. The van der Waals surface area contributed by atoms with Crippen molar-refractivity contribution in [1.82, 2.24) is 15.1 Å². The van der Waals surface area contributed by atoms with Crippen molar-refractivity contribution in [2.45, 2.75) is 50.6 Å². The van der Waals surface area contributed by atoms with Crippen molar-refractivity contribution in [3.8, 4) is 12.1 Å². The van der Waals surface area contributed by atoms with E-state index in [1.165, 1.54) is 5.56 Å². The lowest BCUT2D eigenvalue weighted by Gasteiger charge is -2.32. The lowest BCUT2D eigenvalue weighted by molar-refractivity contribution is -0.123. The van der Waals surface area contributed by atoms with Crippen LogP contribution in [-0.4, -0.2) is 54.0 Å². The molecule has 0 radical (unpaired) electrons. The van der Waals surface area contributed by atoms with Gasteiger partial charge < -0.3 is 5.32 Å². The van der Waals surface area contributed by atoms with Gasteiger partial charge in [-0.1, -0.05) is 31.4 Å². The van der Waals surface area contributed by atoms with Gasteiger partial charge in [0, 0.05) is 19.6 Å². The Morgan fingerprint density at radius 1 is 0.964 bits per heavy atom. The van der Waals surface area contributed by atoms with Crippen LogP contribution in [0.25, 0.3) is 0 Å². The second-order valence-corrected chi connectivity index (χ2v) is 8.02. The molecule has 0 spiro atoms. The Labute approximate surface area is 167 Å². The van der Waals surface area contributed by atoms with Gasteiger partial charge >= 0.3 is 0 Å². The molecule has 1 aliphatic heterocycles. The van der Waals surface area contributed by atoms with Gasteiger partial charge in [0.25, 0.3) is 0 Å². The summed E-state index contributed by atoms with van der Waals surface area (Å²) in [6.45, 7) is 4.90. The summed E-state index contributed by atoms with van der Waals surface area (Å²) in [4.78, 5) is 17.1. The first-order chi connectivity index (χ1) is 13.6. The van der Waals surface area contributed by atoms with E-state index in [1.807, 2.05) is 24.3 Å². The maximum Gasteiger partial charge on any atom is 0.235 e. The Bertz CT molecular complexity index is 740. The number of rotatable bonds is 5. The molecule has 0 bridgehead atoms. The molecule has 0 aromatic heterocycles. The first kappa shape index (κ1) is 20.3. The van der Waals surface area contributed by atoms with E-state index < -0.39 is 5.54 Å². The van der Waals surface area contributed by atoms with Gasteiger partial charge in [-0.2, -0.15) is 10.5 Å². The smallest absolute Gasteiger partial charge is 0.235 e. The van der Waals surface area contributed by atoms with Crippen molar-refractivity contribution < 1.29 is 4.79 Å². The molecule has 1 aromatic carbocycles. The van der Waals surface area contributed by atoms with Gasteiger partial charge in [0.2, 0.25) is 5.91 Å². The molecular weight excluding hydrogens is 350 g/mol. The zero-order chi connectivity index (χ0) is 19.8. The fraction of sp³-hybridized carbons (Fsp3) is 0.591. The second kappa shape index (κ2) is 9.68. The summed E-state index contributed by atoms with van der Waals surface area (Å²) in [7, 11) is 0. The van der Waals surface area contributed by atoms with Crippen molar-refractivity contribution in [2.75, 3.05) is 32.7 Å². The van der Waals surface area contributed by atoms with E-state index in [2.05, 4.69) is 27.3 Å². The first-order valence-corrected chi connectivity index (χ1v) is 10.3. The van der Waals surface area contributed by atoms with Gasteiger partial charge in [-0.25, -0.2) is 0 Å². The summed E-state index contributed by atoms with van der Waals surface area (Å²) in [6, 6.07) is 12.3. The highest BCUT2D eigenvalue weighted by molar-refractivity contribution is 5.79. The van der Waals surface area contributed by atoms with Gasteiger partial charge in [-0.15, -0.1) is 0 Å². The molecule has 1 amide bonds. The summed E-state index contributed by atoms with van der Waals surface area (Å²) in [5, 5.41) is 21.5. The monoisotopic (exact) mass is 379 g/mol. The van der Waals surface area contributed by atoms with Crippen LogP contribution in [0.15, 0.2) is 24.3 Å². The molecule has 3 rings (SSSR count). The van der Waals surface area contributed by atoms with E-state index in [4.69, 9.17) is 5.26 Å². The zero-order valence-electron chi connectivity index (χ0n) is 16.5. The van der Waals surface area contributed by atoms with E-state index in [0.717, 1.165) is 71.2 Å². The summed E-state index contributed by atoms with van der Waals surface area (Å²) < 4.78 is 0. The SMILES string of the molecule is N#Cc1ccc(CN2CCCN(CC(=O)NC3(C#N)CCCCC3)CC2)cc1. The maximum atomic E-state index is 12.5. The molecule has 1 N–H and O–H groups in total. The molecule has 1 saturated carbocycles. The van der Waals surface area contributed by atoms with Crippen LogP contribution < -0.4 is 5.32 Å². The average molecular weight is 380 g/mol. The highest BCUT2D eigenvalue weighted by Crippen LogP contribution is 2.27. The fourth-order valence-corrected chi connectivity index (χ4v) is 4.21. The van der Waals surface area contributed by atoms with Crippen LogP contribution in [0, 0.1) is 22.7 Å². The van der Waals surface area contributed by atoms with Crippen LogP contribution in [0.2, 0.25) is 0 Å². The Morgan fingerprint density at radius 2 is 1.64 bits per heavy atom. The standard InChI is InChI=1S/C22H29N5O/c23-15-19-5-7-20(8-6-19)16-26-11-4-12-27(14-13-26)17-21(28)25-22(18-24)9-2-1-3-10-22/h5-8H,1-4,9-14,16-17H2,(H,25,28). The van der Waals surface area contributed by atoms with Gasteiger partial charge in [0.1, 0.15) is 5.54 Å². The molecule has 148 valence electrons. The van der Waals surface area contributed by atoms with E-state index >= 15 is 0 Å².